The summed E-state index contributed by atoms with van der Waals surface area (Å²) in [6, 6.07) is 9.66. The maximum atomic E-state index is 12.2. The first-order valence-electron chi connectivity index (χ1n) is 6.71. The molecule has 1 aliphatic rings. The fraction of sp³-hybridized carbons (Fsp3) is 0.250. The zero-order chi connectivity index (χ0) is 13.9. The van der Waals surface area contributed by atoms with Crippen LogP contribution in [0.25, 0.3) is 11.1 Å². The molecular weight excluding hydrogens is 316 g/mol. The number of hydrogen-bond acceptors (Lipinski definition) is 2. The zero-order valence-corrected chi connectivity index (χ0v) is 12.6. The lowest BCUT2D eigenvalue weighted by Gasteiger charge is -2.08. The second-order valence-electron chi connectivity index (χ2n) is 5.12. The lowest BCUT2D eigenvalue weighted by atomic mass is 10.0. The molecule has 0 radical (unpaired) electrons. The van der Waals surface area contributed by atoms with Crippen molar-refractivity contribution in [2.24, 2.45) is 5.92 Å². The van der Waals surface area contributed by atoms with Gasteiger partial charge in [0.1, 0.15) is 0 Å². The summed E-state index contributed by atoms with van der Waals surface area (Å²) in [6.07, 6.45) is 5.98. The molecule has 20 heavy (non-hydrogen) atoms. The standard InChI is InChI=1S/C16H15BrN2O/c17-15-8-13(12-3-5-18-6-4-12)7-14(9-15)16(20)19-10-11-1-2-11/h3-9,11H,1-2,10H2,(H,19,20). The van der Waals surface area contributed by atoms with Crippen LogP contribution in [-0.4, -0.2) is 17.4 Å². The molecule has 4 heteroatoms. The number of rotatable bonds is 4. The lowest BCUT2D eigenvalue weighted by Crippen LogP contribution is -2.25. The van der Waals surface area contributed by atoms with E-state index in [4.69, 9.17) is 0 Å². The molecule has 0 aliphatic heterocycles. The van der Waals surface area contributed by atoms with Gasteiger partial charge in [-0.1, -0.05) is 15.9 Å². The molecule has 1 aromatic carbocycles. The normalized spacial score (nSPS) is 14.1. The highest BCUT2D eigenvalue weighted by Gasteiger charge is 2.22. The number of pyridine rings is 1. The van der Waals surface area contributed by atoms with Crippen molar-refractivity contribution in [3.8, 4) is 11.1 Å². The predicted molar refractivity (Wildman–Crippen MR) is 82.4 cm³/mol. The van der Waals surface area contributed by atoms with Crippen LogP contribution in [0, 0.1) is 5.92 Å². The number of amides is 1. The number of nitrogens with one attached hydrogen (secondary N) is 1. The van der Waals surface area contributed by atoms with Gasteiger partial charge in [-0.25, -0.2) is 0 Å². The summed E-state index contributed by atoms with van der Waals surface area (Å²) in [6.45, 7) is 0.788. The van der Waals surface area contributed by atoms with Crippen LogP contribution in [0.4, 0.5) is 0 Å². The van der Waals surface area contributed by atoms with Crippen LogP contribution in [0.1, 0.15) is 23.2 Å². The van der Waals surface area contributed by atoms with Crippen LogP contribution in [0.15, 0.2) is 47.2 Å². The average molecular weight is 331 g/mol. The van der Waals surface area contributed by atoms with Crippen molar-refractivity contribution >= 4 is 21.8 Å². The molecule has 102 valence electrons. The Morgan fingerprint density at radius 3 is 2.65 bits per heavy atom. The third-order valence-electron chi connectivity index (χ3n) is 3.42. The molecule has 2 aromatic rings. The van der Waals surface area contributed by atoms with Crippen LogP contribution < -0.4 is 5.32 Å². The largest absolute Gasteiger partial charge is 0.352 e. The van der Waals surface area contributed by atoms with Gasteiger partial charge < -0.3 is 5.32 Å². The Kier molecular flexibility index (Phi) is 3.83. The van der Waals surface area contributed by atoms with E-state index in [0.717, 1.165) is 22.1 Å². The summed E-state index contributed by atoms with van der Waals surface area (Å²) in [5.41, 5.74) is 2.75. The zero-order valence-electron chi connectivity index (χ0n) is 11.0. The quantitative estimate of drug-likeness (QED) is 0.929. The van der Waals surface area contributed by atoms with Crippen molar-refractivity contribution in [1.82, 2.24) is 10.3 Å². The molecule has 0 saturated heterocycles. The maximum Gasteiger partial charge on any atom is 0.251 e. The minimum atomic E-state index is -0.00601. The van der Waals surface area contributed by atoms with Gasteiger partial charge in [0.25, 0.3) is 5.91 Å². The molecule has 1 fully saturated rings. The van der Waals surface area contributed by atoms with Crippen LogP contribution >= 0.6 is 15.9 Å². The second-order valence-corrected chi connectivity index (χ2v) is 6.03. The van der Waals surface area contributed by atoms with Crippen molar-refractivity contribution in [1.29, 1.82) is 0 Å². The molecule has 3 rings (SSSR count). The van der Waals surface area contributed by atoms with Gasteiger partial charge in [0, 0.05) is 29.0 Å². The number of halogens is 1. The van der Waals surface area contributed by atoms with Crippen molar-refractivity contribution in [3.05, 3.63) is 52.8 Å². The number of benzene rings is 1. The van der Waals surface area contributed by atoms with Crippen molar-refractivity contribution in [2.45, 2.75) is 12.8 Å². The molecule has 1 aromatic heterocycles. The minimum absolute atomic E-state index is 0.00601. The highest BCUT2D eigenvalue weighted by Crippen LogP contribution is 2.28. The number of carbonyl (C=O) groups is 1. The SMILES string of the molecule is O=C(NCC1CC1)c1cc(Br)cc(-c2ccncc2)c1. The summed E-state index contributed by atoms with van der Waals surface area (Å²) in [7, 11) is 0. The van der Waals surface area contributed by atoms with Gasteiger partial charge in [0.2, 0.25) is 0 Å². The Bertz CT molecular complexity index is 624. The van der Waals surface area contributed by atoms with E-state index in [1.165, 1.54) is 12.8 Å². The van der Waals surface area contributed by atoms with Crippen LogP contribution in [0.2, 0.25) is 0 Å². The van der Waals surface area contributed by atoms with E-state index < -0.39 is 0 Å². The van der Waals surface area contributed by atoms with Gasteiger partial charge in [0.15, 0.2) is 0 Å². The van der Waals surface area contributed by atoms with E-state index in [-0.39, 0.29) is 5.91 Å². The summed E-state index contributed by atoms with van der Waals surface area (Å²) >= 11 is 3.48. The molecule has 1 heterocycles. The smallest absolute Gasteiger partial charge is 0.251 e. The molecule has 0 bridgehead atoms. The van der Waals surface area contributed by atoms with E-state index >= 15 is 0 Å². The fourth-order valence-electron chi connectivity index (χ4n) is 2.09. The molecule has 0 unspecified atom stereocenters. The molecule has 1 saturated carbocycles. The van der Waals surface area contributed by atoms with Crippen LogP contribution in [0.5, 0.6) is 0 Å². The molecule has 1 amide bonds. The van der Waals surface area contributed by atoms with Crippen LogP contribution in [0.3, 0.4) is 0 Å². The Morgan fingerprint density at radius 2 is 1.95 bits per heavy atom. The first kappa shape index (κ1) is 13.3. The number of carbonyl (C=O) groups excluding carboxylic acids is 1. The Labute approximate surface area is 126 Å². The number of nitrogens with zero attached hydrogens (tertiary/aromatic N) is 1. The second kappa shape index (κ2) is 5.75. The van der Waals surface area contributed by atoms with E-state index in [0.29, 0.717) is 11.5 Å². The van der Waals surface area contributed by atoms with Crippen LogP contribution in [-0.2, 0) is 0 Å². The summed E-state index contributed by atoms with van der Waals surface area (Å²) < 4.78 is 0.906. The maximum absolute atomic E-state index is 12.2. The first-order valence-corrected chi connectivity index (χ1v) is 7.51. The lowest BCUT2D eigenvalue weighted by molar-refractivity contribution is 0.0952. The summed E-state index contributed by atoms with van der Waals surface area (Å²) in [5.74, 6) is 0.680. The molecule has 0 atom stereocenters. The molecule has 1 aliphatic carbocycles. The monoisotopic (exact) mass is 330 g/mol. The van der Waals surface area contributed by atoms with Gasteiger partial charge in [-0.3, -0.25) is 9.78 Å². The van der Waals surface area contributed by atoms with Crippen molar-refractivity contribution in [2.75, 3.05) is 6.54 Å². The van der Waals surface area contributed by atoms with Gasteiger partial charge in [-0.2, -0.15) is 0 Å². The number of aromatic nitrogens is 1. The van der Waals surface area contributed by atoms with Crippen molar-refractivity contribution in [3.63, 3.8) is 0 Å². The number of hydrogen-bond donors (Lipinski definition) is 1. The fourth-order valence-corrected chi connectivity index (χ4v) is 2.59. The third kappa shape index (κ3) is 3.25. The first-order chi connectivity index (χ1) is 9.72. The minimum Gasteiger partial charge on any atom is -0.352 e. The summed E-state index contributed by atoms with van der Waals surface area (Å²) in [5, 5.41) is 2.99. The van der Waals surface area contributed by atoms with E-state index in [9.17, 15) is 4.79 Å². The average Bonchev–Trinajstić information content (AvgIpc) is 3.29. The highest BCUT2D eigenvalue weighted by molar-refractivity contribution is 9.10. The summed E-state index contributed by atoms with van der Waals surface area (Å²) in [4.78, 5) is 16.2. The van der Waals surface area contributed by atoms with Gasteiger partial charge in [0.05, 0.1) is 0 Å². The Hall–Kier alpha value is -1.68. The van der Waals surface area contributed by atoms with E-state index in [1.807, 2.05) is 30.3 Å². The van der Waals surface area contributed by atoms with E-state index in [1.54, 1.807) is 12.4 Å². The van der Waals surface area contributed by atoms with Gasteiger partial charge in [-0.15, -0.1) is 0 Å². The highest BCUT2D eigenvalue weighted by atomic mass is 79.9. The Balaban J connectivity index is 1.84. The van der Waals surface area contributed by atoms with Gasteiger partial charge >= 0.3 is 0 Å². The van der Waals surface area contributed by atoms with E-state index in [2.05, 4.69) is 26.2 Å². The third-order valence-corrected chi connectivity index (χ3v) is 3.88. The molecular formula is C16H15BrN2O. The Morgan fingerprint density at radius 1 is 1.20 bits per heavy atom. The predicted octanol–water partition coefficient (Wildman–Crippen LogP) is 3.65. The molecule has 3 nitrogen and oxygen atoms in total. The van der Waals surface area contributed by atoms with Gasteiger partial charge in [-0.05, 0) is 60.2 Å². The molecule has 1 N–H and O–H groups in total. The van der Waals surface area contributed by atoms with Crippen molar-refractivity contribution < 1.29 is 4.79 Å². The molecule has 0 spiro atoms. The topological polar surface area (TPSA) is 42.0 Å².